The largest absolute Gasteiger partial charge is 0.478 e. The molecule has 3 aromatic rings. The molecule has 0 radical (unpaired) electrons. The monoisotopic (exact) mass is 396 g/mol. The second-order valence-electron chi connectivity index (χ2n) is 6.21. The summed E-state index contributed by atoms with van der Waals surface area (Å²) < 4.78 is 0.851. The molecule has 1 aromatic heterocycles. The van der Waals surface area contributed by atoms with Crippen molar-refractivity contribution in [3.05, 3.63) is 58.6 Å². The first-order valence-corrected chi connectivity index (χ1v) is 9.11. The first-order chi connectivity index (χ1) is 12.1. The van der Waals surface area contributed by atoms with Crippen LogP contribution in [0.15, 0.2) is 53.0 Å². The normalized spacial score (nSPS) is 14.2. The van der Waals surface area contributed by atoms with E-state index in [1.165, 1.54) is 0 Å². The molecule has 0 unspecified atom stereocenters. The number of hydrogen-bond donors (Lipinski definition) is 1. The van der Waals surface area contributed by atoms with E-state index in [4.69, 9.17) is 4.98 Å². The number of pyridine rings is 1. The van der Waals surface area contributed by atoms with E-state index in [-0.39, 0.29) is 0 Å². The Kier molecular flexibility index (Phi) is 4.17. The predicted octanol–water partition coefficient (Wildman–Crippen LogP) is 4.96. The molecule has 1 aliphatic heterocycles. The number of benzene rings is 2. The van der Waals surface area contributed by atoms with E-state index in [1.54, 1.807) is 0 Å². The molecule has 1 saturated heterocycles. The molecule has 0 aliphatic carbocycles. The molecule has 0 spiro atoms. The first kappa shape index (κ1) is 16.1. The number of anilines is 1. The highest BCUT2D eigenvalue weighted by atomic mass is 79.9. The van der Waals surface area contributed by atoms with Crippen LogP contribution in [0.3, 0.4) is 0 Å². The number of carboxylic acids is 1. The molecule has 4 nitrogen and oxygen atoms in total. The van der Waals surface area contributed by atoms with Gasteiger partial charge in [0.05, 0.1) is 22.5 Å². The summed E-state index contributed by atoms with van der Waals surface area (Å²) in [6.45, 7) is 1.72. The van der Waals surface area contributed by atoms with E-state index >= 15 is 0 Å². The van der Waals surface area contributed by atoms with E-state index < -0.39 is 5.97 Å². The highest BCUT2D eigenvalue weighted by Gasteiger charge is 2.27. The van der Waals surface area contributed by atoms with Crippen LogP contribution < -0.4 is 4.90 Å². The average molecular weight is 397 g/mol. The Labute approximate surface area is 154 Å². The summed E-state index contributed by atoms with van der Waals surface area (Å²) in [5.74, 6) is -0.912. The van der Waals surface area contributed by atoms with Crippen LogP contribution in [-0.2, 0) is 0 Å². The van der Waals surface area contributed by atoms with Gasteiger partial charge in [-0.1, -0.05) is 46.3 Å². The highest BCUT2D eigenvalue weighted by Crippen LogP contribution is 2.39. The number of carboxylic acid groups (broad SMARTS) is 1. The van der Waals surface area contributed by atoms with Crippen molar-refractivity contribution < 1.29 is 9.90 Å². The predicted molar refractivity (Wildman–Crippen MR) is 103 cm³/mol. The van der Waals surface area contributed by atoms with E-state index in [0.717, 1.165) is 47.3 Å². The SMILES string of the molecule is O=C(O)c1c(N2CCCC2)c(-c2ccccc2)nc2ccc(Br)cc12. The van der Waals surface area contributed by atoms with E-state index in [1.807, 2.05) is 48.5 Å². The lowest BCUT2D eigenvalue weighted by atomic mass is 10.00. The lowest BCUT2D eigenvalue weighted by molar-refractivity contribution is 0.0699. The minimum absolute atomic E-state index is 0.340. The van der Waals surface area contributed by atoms with Crippen molar-refractivity contribution in [2.24, 2.45) is 0 Å². The van der Waals surface area contributed by atoms with Crippen molar-refractivity contribution in [3.8, 4) is 11.3 Å². The maximum atomic E-state index is 12.2. The Hall–Kier alpha value is -2.40. The topological polar surface area (TPSA) is 53.4 Å². The molecule has 2 aromatic carbocycles. The van der Waals surface area contributed by atoms with Gasteiger partial charge in [0.25, 0.3) is 0 Å². The minimum atomic E-state index is -0.912. The summed E-state index contributed by atoms with van der Waals surface area (Å²) >= 11 is 3.45. The number of carbonyl (C=O) groups is 1. The van der Waals surface area contributed by atoms with Gasteiger partial charge in [-0.25, -0.2) is 9.78 Å². The second-order valence-corrected chi connectivity index (χ2v) is 7.13. The van der Waals surface area contributed by atoms with Crippen LogP contribution in [0.1, 0.15) is 23.2 Å². The summed E-state index contributed by atoms with van der Waals surface area (Å²) in [5, 5.41) is 10.7. The van der Waals surface area contributed by atoms with E-state index in [0.29, 0.717) is 16.5 Å². The fourth-order valence-corrected chi connectivity index (χ4v) is 3.85. The molecular weight excluding hydrogens is 380 g/mol. The van der Waals surface area contributed by atoms with Crippen LogP contribution >= 0.6 is 15.9 Å². The van der Waals surface area contributed by atoms with Gasteiger partial charge >= 0.3 is 5.97 Å². The van der Waals surface area contributed by atoms with Crippen molar-refractivity contribution in [1.29, 1.82) is 0 Å². The third-order valence-electron chi connectivity index (χ3n) is 4.60. The zero-order valence-electron chi connectivity index (χ0n) is 13.6. The Morgan fingerprint density at radius 3 is 2.48 bits per heavy atom. The van der Waals surface area contributed by atoms with E-state index in [9.17, 15) is 9.90 Å². The van der Waals surface area contributed by atoms with Crippen LogP contribution in [-0.4, -0.2) is 29.1 Å². The minimum Gasteiger partial charge on any atom is -0.478 e. The standard InChI is InChI=1S/C20H17BrN2O2/c21-14-8-9-16-15(12-14)17(20(24)25)19(23-10-4-5-11-23)18(22-16)13-6-2-1-3-7-13/h1-3,6-9,12H,4-5,10-11H2,(H,24,25). The molecule has 0 saturated carbocycles. The zero-order chi connectivity index (χ0) is 17.4. The number of hydrogen-bond acceptors (Lipinski definition) is 3. The number of aromatic carboxylic acids is 1. The van der Waals surface area contributed by atoms with Gasteiger partial charge in [0.2, 0.25) is 0 Å². The fourth-order valence-electron chi connectivity index (χ4n) is 3.49. The molecule has 126 valence electrons. The third kappa shape index (κ3) is 2.89. The molecular formula is C20H17BrN2O2. The summed E-state index contributed by atoms with van der Waals surface area (Å²) in [6, 6.07) is 15.4. The van der Waals surface area contributed by atoms with Crippen molar-refractivity contribution >= 4 is 38.5 Å². The van der Waals surface area contributed by atoms with Gasteiger partial charge in [0.15, 0.2) is 0 Å². The quantitative estimate of drug-likeness (QED) is 0.679. The summed E-state index contributed by atoms with van der Waals surface area (Å²) in [5.41, 5.74) is 3.46. The number of nitrogens with zero attached hydrogens (tertiary/aromatic N) is 2. The van der Waals surface area contributed by atoms with Crippen molar-refractivity contribution in [3.63, 3.8) is 0 Å². The zero-order valence-corrected chi connectivity index (χ0v) is 15.2. The van der Waals surface area contributed by atoms with Gasteiger partial charge in [-0.3, -0.25) is 0 Å². The molecule has 2 heterocycles. The van der Waals surface area contributed by atoms with Gasteiger partial charge in [0.1, 0.15) is 0 Å². The summed E-state index contributed by atoms with van der Waals surface area (Å²) in [4.78, 5) is 19.2. The molecule has 4 rings (SSSR count). The fraction of sp³-hybridized carbons (Fsp3) is 0.200. The van der Waals surface area contributed by atoms with Gasteiger partial charge in [0, 0.05) is 28.5 Å². The number of aromatic nitrogens is 1. The van der Waals surface area contributed by atoms with Gasteiger partial charge in [-0.05, 0) is 31.0 Å². The summed E-state index contributed by atoms with van der Waals surface area (Å²) in [7, 11) is 0. The van der Waals surface area contributed by atoms with Crippen LogP contribution in [0.4, 0.5) is 5.69 Å². The average Bonchev–Trinajstić information content (AvgIpc) is 3.15. The van der Waals surface area contributed by atoms with Crippen LogP contribution in [0.5, 0.6) is 0 Å². The Morgan fingerprint density at radius 1 is 1.08 bits per heavy atom. The van der Waals surface area contributed by atoms with E-state index in [2.05, 4.69) is 20.8 Å². The Bertz CT molecular complexity index is 951. The van der Waals surface area contributed by atoms with Crippen LogP contribution in [0.25, 0.3) is 22.2 Å². The van der Waals surface area contributed by atoms with Crippen molar-refractivity contribution in [2.75, 3.05) is 18.0 Å². The molecule has 0 bridgehead atoms. The van der Waals surface area contributed by atoms with Gasteiger partial charge in [-0.2, -0.15) is 0 Å². The smallest absolute Gasteiger partial charge is 0.338 e. The molecule has 1 N–H and O–H groups in total. The molecule has 5 heteroatoms. The molecule has 1 aliphatic rings. The molecule has 0 amide bonds. The third-order valence-corrected chi connectivity index (χ3v) is 5.10. The van der Waals surface area contributed by atoms with Crippen LogP contribution in [0, 0.1) is 0 Å². The number of fused-ring (bicyclic) bond motifs is 1. The Morgan fingerprint density at radius 2 is 1.80 bits per heavy atom. The maximum Gasteiger partial charge on any atom is 0.338 e. The highest BCUT2D eigenvalue weighted by molar-refractivity contribution is 9.10. The lowest BCUT2D eigenvalue weighted by Gasteiger charge is -2.24. The summed E-state index contributed by atoms with van der Waals surface area (Å²) in [6.07, 6.45) is 2.15. The van der Waals surface area contributed by atoms with Crippen molar-refractivity contribution in [2.45, 2.75) is 12.8 Å². The van der Waals surface area contributed by atoms with Crippen LogP contribution in [0.2, 0.25) is 0 Å². The molecule has 1 fully saturated rings. The molecule has 0 atom stereocenters. The maximum absolute atomic E-state index is 12.2. The number of halogens is 1. The molecule has 25 heavy (non-hydrogen) atoms. The Balaban J connectivity index is 2.10. The number of rotatable bonds is 3. The lowest BCUT2D eigenvalue weighted by Crippen LogP contribution is -2.22. The van der Waals surface area contributed by atoms with Crippen molar-refractivity contribution in [1.82, 2.24) is 4.98 Å². The second kappa shape index (κ2) is 6.48. The van der Waals surface area contributed by atoms with Gasteiger partial charge < -0.3 is 10.0 Å². The first-order valence-electron chi connectivity index (χ1n) is 8.32. The van der Waals surface area contributed by atoms with Gasteiger partial charge in [-0.15, -0.1) is 0 Å².